The first-order valence-electron chi connectivity index (χ1n) is 4.56. The first-order valence-corrected chi connectivity index (χ1v) is 4.56. The molecule has 0 N–H and O–H groups in total. The number of hydrogen-bond donors (Lipinski definition) is 0. The van der Waals surface area contributed by atoms with Crippen molar-refractivity contribution >= 4 is 6.08 Å². The van der Waals surface area contributed by atoms with Crippen LogP contribution >= 0.6 is 0 Å². The Labute approximate surface area is 84.0 Å². The quantitative estimate of drug-likeness (QED) is 0.640. The average Bonchev–Trinajstić information content (AvgIpc) is 2.17. The maximum absolute atomic E-state index is 5.22. The van der Waals surface area contributed by atoms with Gasteiger partial charge in [0.05, 0.1) is 6.26 Å². The number of allylic oxidation sites excluding steroid dienone is 2. The van der Waals surface area contributed by atoms with Crippen LogP contribution in [0.2, 0.25) is 0 Å². The average molecular weight is 184 g/mol. The van der Waals surface area contributed by atoms with Crippen molar-refractivity contribution in [2.24, 2.45) is 0 Å². The Bertz CT molecular complexity index is 413. The lowest BCUT2D eigenvalue weighted by Gasteiger charge is -2.12. The van der Waals surface area contributed by atoms with E-state index in [-0.39, 0.29) is 0 Å². The summed E-state index contributed by atoms with van der Waals surface area (Å²) in [6.07, 6.45) is 6.48. The van der Waals surface area contributed by atoms with E-state index in [4.69, 9.17) is 4.74 Å². The molecule has 1 aliphatic rings. The fourth-order valence-electron chi connectivity index (χ4n) is 1.58. The molecule has 0 aromatic heterocycles. The van der Waals surface area contributed by atoms with Crippen LogP contribution in [0, 0.1) is 0 Å². The molecular weight excluding hydrogens is 172 g/mol. The molecule has 0 spiro atoms. The lowest BCUT2D eigenvalue weighted by molar-refractivity contribution is 0.483. The summed E-state index contributed by atoms with van der Waals surface area (Å²) >= 11 is 0. The summed E-state index contributed by atoms with van der Waals surface area (Å²) in [5.41, 5.74) is 3.64. The molecule has 0 amide bonds. The number of ether oxygens (including phenoxy) is 1. The molecule has 1 heteroatoms. The molecule has 1 aromatic carbocycles. The molecule has 0 saturated carbocycles. The van der Waals surface area contributed by atoms with E-state index in [9.17, 15) is 0 Å². The highest BCUT2D eigenvalue weighted by atomic mass is 16.5. The van der Waals surface area contributed by atoms with Gasteiger partial charge in [-0.3, -0.25) is 0 Å². The van der Waals surface area contributed by atoms with E-state index in [1.807, 2.05) is 12.1 Å². The second-order valence-electron chi connectivity index (χ2n) is 3.31. The normalized spacial score (nSPS) is 13.6. The van der Waals surface area contributed by atoms with Gasteiger partial charge in [-0.05, 0) is 29.7 Å². The van der Waals surface area contributed by atoms with Crippen LogP contribution in [0.5, 0.6) is 5.75 Å². The second-order valence-corrected chi connectivity index (χ2v) is 3.31. The highest BCUT2D eigenvalue weighted by Gasteiger charge is 2.07. The summed E-state index contributed by atoms with van der Waals surface area (Å²) in [7, 11) is 0. The zero-order valence-electron chi connectivity index (χ0n) is 7.99. The maximum atomic E-state index is 5.22. The van der Waals surface area contributed by atoms with E-state index in [1.54, 1.807) is 0 Å². The van der Waals surface area contributed by atoms with Gasteiger partial charge < -0.3 is 4.74 Å². The maximum Gasteiger partial charge on any atom is 0.126 e. The van der Waals surface area contributed by atoms with Crippen LogP contribution in [0.3, 0.4) is 0 Å². The van der Waals surface area contributed by atoms with Gasteiger partial charge in [0.2, 0.25) is 0 Å². The van der Waals surface area contributed by atoms with Crippen molar-refractivity contribution in [2.75, 3.05) is 0 Å². The van der Waals surface area contributed by atoms with Crippen molar-refractivity contribution in [1.29, 1.82) is 0 Å². The van der Waals surface area contributed by atoms with E-state index in [1.165, 1.54) is 17.4 Å². The van der Waals surface area contributed by atoms with Crippen LogP contribution in [-0.2, 0) is 6.42 Å². The Morgan fingerprint density at radius 3 is 2.93 bits per heavy atom. The zero-order chi connectivity index (χ0) is 9.97. The van der Waals surface area contributed by atoms with Crippen molar-refractivity contribution in [3.05, 3.63) is 60.4 Å². The predicted molar refractivity (Wildman–Crippen MR) is 59.1 cm³/mol. The Balaban J connectivity index is 2.39. The number of fused-ring (bicyclic) bond motifs is 1. The van der Waals surface area contributed by atoms with Gasteiger partial charge in [0, 0.05) is 0 Å². The van der Waals surface area contributed by atoms with Crippen molar-refractivity contribution in [3.63, 3.8) is 0 Å². The summed E-state index contributed by atoms with van der Waals surface area (Å²) in [5.74, 6) is 0.835. The summed E-state index contributed by atoms with van der Waals surface area (Å²) in [6.45, 7) is 7.47. The molecule has 1 nitrogen and oxygen atoms in total. The molecule has 1 aliphatic carbocycles. The van der Waals surface area contributed by atoms with Crippen LogP contribution in [-0.4, -0.2) is 0 Å². The second kappa shape index (κ2) is 3.54. The fraction of sp³-hybridized carbons (Fsp3) is 0.0769. The summed E-state index contributed by atoms with van der Waals surface area (Å²) in [5, 5.41) is 0. The van der Waals surface area contributed by atoms with Crippen LogP contribution in [0.4, 0.5) is 0 Å². The Morgan fingerprint density at radius 2 is 2.14 bits per heavy atom. The smallest absolute Gasteiger partial charge is 0.126 e. The molecule has 0 saturated heterocycles. The number of benzene rings is 1. The molecule has 0 heterocycles. The fourth-order valence-corrected chi connectivity index (χ4v) is 1.58. The van der Waals surface area contributed by atoms with Gasteiger partial charge in [-0.15, -0.1) is 0 Å². The Hall–Kier alpha value is -1.76. The SMILES string of the molecule is C=COc1ccc2c(c1)CC(=C)C=C2. The zero-order valence-corrected chi connectivity index (χ0v) is 7.99. The minimum absolute atomic E-state index is 0.835. The van der Waals surface area contributed by atoms with Crippen molar-refractivity contribution in [2.45, 2.75) is 6.42 Å². The van der Waals surface area contributed by atoms with Crippen molar-refractivity contribution < 1.29 is 4.74 Å². The standard InChI is InChI=1S/C13H12O/c1-3-14-13-7-6-11-5-4-10(2)8-12(11)9-13/h3-7,9H,1-2,8H2. The lowest BCUT2D eigenvalue weighted by atomic mass is 9.94. The molecule has 14 heavy (non-hydrogen) atoms. The van der Waals surface area contributed by atoms with Gasteiger partial charge in [0.15, 0.2) is 0 Å². The third kappa shape index (κ3) is 1.62. The van der Waals surface area contributed by atoms with Crippen LogP contribution in [0.1, 0.15) is 11.1 Å². The van der Waals surface area contributed by atoms with Crippen molar-refractivity contribution in [3.8, 4) is 5.75 Å². The summed E-state index contributed by atoms with van der Waals surface area (Å²) in [4.78, 5) is 0. The Kier molecular flexibility index (Phi) is 2.23. The molecule has 0 fully saturated rings. The molecule has 0 atom stereocenters. The highest BCUT2D eigenvalue weighted by molar-refractivity contribution is 5.62. The molecule has 0 radical (unpaired) electrons. The Morgan fingerprint density at radius 1 is 1.29 bits per heavy atom. The molecule has 1 aromatic rings. The minimum atomic E-state index is 0.835. The molecule has 2 rings (SSSR count). The first kappa shape index (κ1) is 8.82. The first-order chi connectivity index (χ1) is 6.79. The molecule has 0 bridgehead atoms. The van der Waals surface area contributed by atoms with Gasteiger partial charge in [-0.25, -0.2) is 0 Å². The van der Waals surface area contributed by atoms with Crippen LogP contribution in [0.15, 0.2) is 49.3 Å². The van der Waals surface area contributed by atoms with Crippen LogP contribution in [0.25, 0.3) is 6.08 Å². The molecular formula is C13H12O. The topological polar surface area (TPSA) is 9.23 Å². The molecule has 0 unspecified atom stereocenters. The van der Waals surface area contributed by atoms with Gasteiger partial charge >= 0.3 is 0 Å². The van der Waals surface area contributed by atoms with Crippen molar-refractivity contribution in [1.82, 2.24) is 0 Å². The van der Waals surface area contributed by atoms with E-state index in [0.29, 0.717) is 0 Å². The summed E-state index contributed by atoms with van der Waals surface area (Å²) in [6, 6.07) is 6.03. The van der Waals surface area contributed by atoms with E-state index >= 15 is 0 Å². The van der Waals surface area contributed by atoms with Crippen LogP contribution < -0.4 is 4.74 Å². The third-order valence-corrected chi connectivity index (χ3v) is 2.25. The molecule has 0 aliphatic heterocycles. The third-order valence-electron chi connectivity index (χ3n) is 2.25. The van der Waals surface area contributed by atoms with E-state index in [0.717, 1.165) is 17.7 Å². The van der Waals surface area contributed by atoms with Gasteiger partial charge in [0.1, 0.15) is 5.75 Å². The number of hydrogen-bond acceptors (Lipinski definition) is 1. The van der Waals surface area contributed by atoms with Gasteiger partial charge in [-0.2, -0.15) is 0 Å². The largest absolute Gasteiger partial charge is 0.466 e. The summed E-state index contributed by atoms with van der Waals surface area (Å²) < 4.78 is 5.22. The van der Waals surface area contributed by atoms with E-state index in [2.05, 4.69) is 31.4 Å². The minimum Gasteiger partial charge on any atom is -0.466 e. The highest BCUT2D eigenvalue weighted by Crippen LogP contribution is 2.25. The predicted octanol–water partition coefficient (Wildman–Crippen LogP) is 3.33. The van der Waals surface area contributed by atoms with Gasteiger partial charge in [0.25, 0.3) is 0 Å². The van der Waals surface area contributed by atoms with Gasteiger partial charge in [-0.1, -0.05) is 36.9 Å². The van der Waals surface area contributed by atoms with E-state index < -0.39 is 0 Å². The lowest BCUT2D eigenvalue weighted by Crippen LogP contribution is -1.96. The molecule has 70 valence electrons. The monoisotopic (exact) mass is 184 g/mol. The number of rotatable bonds is 2.